The van der Waals surface area contributed by atoms with Crippen LogP contribution in [-0.2, 0) is 4.79 Å². The summed E-state index contributed by atoms with van der Waals surface area (Å²) in [6.07, 6.45) is 2.53. The van der Waals surface area contributed by atoms with Gasteiger partial charge in [0.1, 0.15) is 5.54 Å². The second-order valence-electron chi connectivity index (χ2n) is 9.48. The molecule has 0 bridgehead atoms. The van der Waals surface area contributed by atoms with E-state index < -0.39 is 5.54 Å². The minimum atomic E-state index is -0.623. The Hall–Kier alpha value is -2.96. The highest BCUT2D eigenvalue weighted by molar-refractivity contribution is 7.14. The number of nitrogens with one attached hydrogen (secondary N) is 2. The van der Waals surface area contributed by atoms with E-state index in [1.165, 1.54) is 0 Å². The molecule has 1 aliphatic heterocycles. The number of nitriles is 1. The van der Waals surface area contributed by atoms with Crippen LogP contribution in [0.5, 0.6) is 0 Å². The molecule has 180 valence electrons. The van der Waals surface area contributed by atoms with E-state index in [1.54, 1.807) is 11.3 Å². The van der Waals surface area contributed by atoms with E-state index in [0.29, 0.717) is 24.9 Å². The maximum Gasteiger partial charge on any atom is 0.251 e. The normalized spacial score (nSPS) is 18.1. The first-order valence-electron chi connectivity index (χ1n) is 11.9. The largest absolute Gasteiger partial charge is 0.352 e. The number of nitrogens with zero attached hydrogens (tertiary/aromatic N) is 4. The van der Waals surface area contributed by atoms with Gasteiger partial charge >= 0.3 is 0 Å². The lowest BCUT2D eigenvalue weighted by molar-refractivity contribution is -0.122. The Bertz CT molecular complexity index is 1050. The third-order valence-electron chi connectivity index (χ3n) is 6.51. The predicted molar refractivity (Wildman–Crippen MR) is 134 cm³/mol. The van der Waals surface area contributed by atoms with Crippen LogP contribution in [0.3, 0.4) is 0 Å². The number of benzene rings is 1. The molecule has 2 fully saturated rings. The maximum atomic E-state index is 12.5. The number of anilines is 1. The van der Waals surface area contributed by atoms with Crippen LogP contribution in [0, 0.1) is 17.2 Å². The number of amides is 2. The van der Waals surface area contributed by atoms with Gasteiger partial charge in [-0.3, -0.25) is 9.59 Å². The van der Waals surface area contributed by atoms with Crippen molar-refractivity contribution in [2.75, 3.05) is 44.7 Å². The van der Waals surface area contributed by atoms with E-state index in [0.717, 1.165) is 55.4 Å². The molecule has 4 rings (SSSR count). The van der Waals surface area contributed by atoms with E-state index in [9.17, 15) is 9.59 Å². The Balaban J connectivity index is 1.22. The number of carbonyl (C=O) groups excluding carboxylic acids is 2. The van der Waals surface area contributed by atoms with Crippen molar-refractivity contribution in [2.45, 2.75) is 38.1 Å². The lowest BCUT2D eigenvalue weighted by Gasteiger charge is -2.32. The van der Waals surface area contributed by atoms with Gasteiger partial charge in [-0.2, -0.15) is 5.26 Å². The van der Waals surface area contributed by atoms with Gasteiger partial charge in [0.2, 0.25) is 5.91 Å². The Morgan fingerprint density at radius 1 is 1.21 bits per heavy atom. The van der Waals surface area contributed by atoms with Crippen LogP contribution in [0.1, 0.15) is 43.0 Å². The van der Waals surface area contributed by atoms with E-state index in [2.05, 4.69) is 38.9 Å². The minimum Gasteiger partial charge on any atom is -0.352 e. The highest BCUT2D eigenvalue weighted by atomic mass is 32.1. The van der Waals surface area contributed by atoms with Crippen LogP contribution >= 0.6 is 11.3 Å². The third kappa shape index (κ3) is 6.13. The number of carbonyl (C=O) groups is 2. The summed E-state index contributed by atoms with van der Waals surface area (Å²) in [4.78, 5) is 34.1. The summed E-state index contributed by atoms with van der Waals surface area (Å²) >= 11 is 1.66. The molecule has 8 nitrogen and oxygen atoms in total. The number of thiazole rings is 1. The number of rotatable bonds is 9. The fourth-order valence-corrected chi connectivity index (χ4v) is 4.88. The van der Waals surface area contributed by atoms with Gasteiger partial charge < -0.3 is 20.4 Å². The molecule has 2 aliphatic rings. The molecule has 0 spiro atoms. The van der Waals surface area contributed by atoms with Crippen molar-refractivity contribution in [2.24, 2.45) is 5.92 Å². The molecule has 1 saturated carbocycles. The predicted octanol–water partition coefficient (Wildman–Crippen LogP) is 2.88. The summed E-state index contributed by atoms with van der Waals surface area (Å²) in [6, 6.07) is 9.70. The van der Waals surface area contributed by atoms with Crippen LogP contribution in [-0.4, -0.2) is 67.0 Å². The van der Waals surface area contributed by atoms with Gasteiger partial charge in [0, 0.05) is 55.7 Å². The Kier molecular flexibility index (Phi) is 7.49. The molecule has 2 N–H and O–H groups in total. The zero-order valence-electron chi connectivity index (χ0n) is 19.8. The average Bonchev–Trinajstić information content (AvgIpc) is 3.42. The van der Waals surface area contributed by atoms with Crippen molar-refractivity contribution >= 4 is 28.3 Å². The summed E-state index contributed by atoms with van der Waals surface area (Å²) in [7, 11) is 2.14. The molecule has 9 heteroatoms. The van der Waals surface area contributed by atoms with Crippen molar-refractivity contribution in [3.05, 3.63) is 35.2 Å². The fourth-order valence-electron chi connectivity index (χ4n) is 3.99. The third-order valence-corrected chi connectivity index (χ3v) is 7.41. The fraction of sp³-hybridized carbons (Fsp3) is 0.520. The van der Waals surface area contributed by atoms with Crippen molar-refractivity contribution in [1.29, 1.82) is 5.26 Å². The van der Waals surface area contributed by atoms with Gasteiger partial charge in [0.15, 0.2) is 5.13 Å². The SMILES string of the molecule is CC(CCNC(=O)c1ccc(-c2csc(N3CCN(C)CC3)n2)cc1)CC(=O)NC1(C#N)CC1. The van der Waals surface area contributed by atoms with Crippen LogP contribution in [0.2, 0.25) is 0 Å². The van der Waals surface area contributed by atoms with Gasteiger partial charge in [-0.05, 0) is 44.4 Å². The summed E-state index contributed by atoms with van der Waals surface area (Å²) in [5, 5.41) is 18.0. The molecule has 34 heavy (non-hydrogen) atoms. The second kappa shape index (κ2) is 10.5. The number of piperazine rings is 1. The van der Waals surface area contributed by atoms with Crippen LogP contribution < -0.4 is 15.5 Å². The Morgan fingerprint density at radius 3 is 2.56 bits per heavy atom. The summed E-state index contributed by atoms with van der Waals surface area (Å²) in [5.41, 5.74) is 1.91. The van der Waals surface area contributed by atoms with Gasteiger partial charge in [0.25, 0.3) is 5.91 Å². The highest BCUT2D eigenvalue weighted by Crippen LogP contribution is 2.34. The van der Waals surface area contributed by atoms with Crippen LogP contribution in [0.15, 0.2) is 29.6 Å². The lowest BCUT2D eigenvalue weighted by atomic mass is 10.0. The minimum absolute atomic E-state index is 0.0914. The zero-order valence-corrected chi connectivity index (χ0v) is 20.7. The van der Waals surface area contributed by atoms with Gasteiger partial charge in [-0.1, -0.05) is 19.1 Å². The molecule has 0 radical (unpaired) electrons. The molecule has 2 amide bonds. The van der Waals surface area contributed by atoms with Crippen molar-refractivity contribution in [1.82, 2.24) is 20.5 Å². The van der Waals surface area contributed by atoms with E-state index in [-0.39, 0.29) is 17.7 Å². The van der Waals surface area contributed by atoms with Gasteiger partial charge in [-0.15, -0.1) is 11.3 Å². The molecular weight excluding hydrogens is 448 g/mol. The van der Waals surface area contributed by atoms with E-state index in [4.69, 9.17) is 10.2 Å². The molecule has 1 unspecified atom stereocenters. The van der Waals surface area contributed by atoms with E-state index in [1.807, 2.05) is 31.2 Å². The monoisotopic (exact) mass is 480 g/mol. The molecule has 1 aromatic carbocycles. The number of hydrogen-bond acceptors (Lipinski definition) is 7. The second-order valence-corrected chi connectivity index (χ2v) is 10.3. The number of aromatic nitrogens is 1. The molecule has 1 saturated heterocycles. The molecule has 1 aromatic heterocycles. The summed E-state index contributed by atoms with van der Waals surface area (Å²) in [5.74, 6) is -0.0939. The smallest absolute Gasteiger partial charge is 0.251 e. The quantitative estimate of drug-likeness (QED) is 0.572. The lowest BCUT2D eigenvalue weighted by Crippen LogP contribution is -2.44. The topological polar surface area (TPSA) is 101 Å². The number of hydrogen-bond donors (Lipinski definition) is 2. The first-order chi connectivity index (χ1) is 16.4. The molecular formula is C25H32N6O2S. The highest BCUT2D eigenvalue weighted by Gasteiger charge is 2.44. The summed E-state index contributed by atoms with van der Waals surface area (Å²) in [6.45, 7) is 6.56. The Morgan fingerprint density at radius 2 is 1.91 bits per heavy atom. The number of likely N-dealkylation sites (N-methyl/N-ethyl adjacent to an activating group) is 1. The molecule has 1 atom stereocenters. The molecule has 2 aromatic rings. The van der Waals surface area contributed by atoms with Gasteiger partial charge in [-0.25, -0.2) is 4.98 Å². The van der Waals surface area contributed by atoms with Crippen molar-refractivity contribution in [3.63, 3.8) is 0 Å². The van der Waals surface area contributed by atoms with Crippen molar-refractivity contribution < 1.29 is 9.59 Å². The maximum absolute atomic E-state index is 12.5. The zero-order chi connectivity index (χ0) is 24.1. The standard InChI is InChI=1S/C25H32N6O2S/c1-18(15-22(32)29-25(17-26)8-9-25)7-10-27-23(33)20-5-3-19(4-6-20)21-16-34-24(28-21)31-13-11-30(2)12-14-31/h3-6,16,18H,7-15H2,1-2H3,(H,27,33)(H,29,32). The van der Waals surface area contributed by atoms with Crippen molar-refractivity contribution in [3.8, 4) is 17.3 Å². The van der Waals surface area contributed by atoms with E-state index >= 15 is 0 Å². The first-order valence-corrected chi connectivity index (χ1v) is 12.8. The molecule has 2 heterocycles. The molecule has 1 aliphatic carbocycles. The van der Waals surface area contributed by atoms with Crippen LogP contribution in [0.4, 0.5) is 5.13 Å². The Labute approximate surface area is 205 Å². The first kappa shape index (κ1) is 24.2. The van der Waals surface area contributed by atoms with Crippen LogP contribution in [0.25, 0.3) is 11.3 Å². The van der Waals surface area contributed by atoms with Gasteiger partial charge in [0.05, 0.1) is 11.8 Å². The average molecular weight is 481 g/mol. The summed E-state index contributed by atoms with van der Waals surface area (Å²) < 4.78 is 0.